The topological polar surface area (TPSA) is 123 Å². The van der Waals surface area contributed by atoms with Crippen molar-refractivity contribution in [1.29, 1.82) is 0 Å². The molecule has 0 aliphatic carbocycles. The average Bonchev–Trinajstić information content (AvgIpc) is 2.54. The molecule has 22 heavy (non-hydrogen) atoms. The highest BCUT2D eigenvalue weighted by atomic mass is 32.2. The third-order valence-corrected chi connectivity index (χ3v) is 3.98. The van der Waals surface area contributed by atoms with E-state index >= 15 is 0 Å². The molecule has 0 bridgehead atoms. The zero-order valence-corrected chi connectivity index (χ0v) is 12.6. The van der Waals surface area contributed by atoms with Gasteiger partial charge in [-0.25, -0.2) is 8.42 Å². The Morgan fingerprint density at radius 2 is 1.77 bits per heavy atom. The summed E-state index contributed by atoms with van der Waals surface area (Å²) in [5.41, 5.74) is 2.28. The molecule has 118 valence electrons. The Labute approximate surface area is 126 Å². The third-order valence-electron chi connectivity index (χ3n) is 2.61. The number of ether oxygens (including phenoxy) is 2. The molecule has 2 aromatic rings. The molecule has 0 atom stereocenters. The van der Waals surface area contributed by atoms with Crippen LogP contribution in [0.2, 0.25) is 0 Å². The molecular formula is C12H14N4O5S. The van der Waals surface area contributed by atoms with E-state index in [1.807, 2.05) is 5.48 Å². The van der Waals surface area contributed by atoms with E-state index in [2.05, 4.69) is 14.7 Å². The van der Waals surface area contributed by atoms with Crippen molar-refractivity contribution < 1.29 is 23.1 Å². The molecule has 2 rings (SSSR count). The summed E-state index contributed by atoms with van der Waals surface area (Å²) in [6.07, 6.45) is 0. The quantitative estimate of drug-likeness (QED) is 0.674. The van der Waals surface area contributed by atoms with E-state index in [9.17, 15) is 8.42 Å². The van der Waals surface area contributed by atoms with Gasteiger partial charge in [0.05, 0.1) is 24.8 Å². The number of hydrogen-bond donors (Lipinski definition) is 3. The molecule has 10 heteroatoms. The van der Waals surface area contributed by atoms with E-state index in [1.54, 1.807) is 0 Å². The Kier molecular flexibility index (Phi) is 4.63. The Balaban J connectivity index is 2.31. The molecule has 3 N–H and O–H groups in total. The van der Waals surface area contributed by atoms with Gasteiger partial charge in [-0.15, -0.1) is 0 Å². The van der Waals surface area contributed by atoms with Gasteiger partial charge >= 0.3 is 6.01 Å². The third kappa shape index (κ3) is 3.54. The highest BCUT2D eigenvalue weighted by Crippen LogP contribution is 2.21. The highest BCUT2D eigenvalue weighted by Gasteiger charge is 2.16. The Hall–Kier alpha value is -2.59. The van der Waals surface area contributed by atoms with Gasteiger partial charge in [-0.05, 0) is 24.3 Å². The lowest BCUT2D eigenvalue weighted by Crippen LogP contribution is -2.14. The SMILES string of the molecule is COc1cc(NS(=O)(=O)c2ccc(NO)cc2)nc(OC)n1. The fourth-order valence-corrected chi connectivity index (χ4v) is 2.55. The second kappa shape index (κ2) is 6.45. The minimum atomic E-state index is -3.85. The summed E-state index contributed by atoms with van der Waals surface area (Å²) >= 11 is 0. The molecule has 9 nitrogen and oxygen atoms in total. The smallest absolute Gasteiger partial charge is 0.321 e. The van der Waals surface area contributed by atoms with Crippen LogP contribution in [0.15, 0.2) is 35.2 Å². The number of aromatic nitrogens is 2. The summed E-state index contributed by atoms with van der Waals surface area (Å²) in [5.74, 6) is 0.164. The number of nitrogens with one attached hydrogen (secondary N) is 2. The predicted molar refractivity (Wildman–Crippen MR) is 77.8 cm³/mol. The van der Waals surface area contributed by atoms with Crippen molar-refractivity contribution in [3.8, 4) is 11.9 Å². The molecular weight excluding hydrogens is 312 g/mol. The van der Waals surface area contributed by atoms with Gasteiger partial charge in [0.2, 0.25) is 5.88 Å². The number of rotatable bonds is 6. The molecule has 0 radical (unpaired) electrons. The van der Waals surface area contributed by atoms with Crippen LogP contribution in [0.1, 0.15) is 0 Å². The molecule has 0 saturated carbocycles. The van der Waals surface area contributed by atoms with Crippen molar-refractivity contribution in [2.24, 2.45) is 0 Å². The molecule has 0 aliphatic rings. The number of anilines is 2. The largest absolute Gasteiger partial charge is 0.481 e. The van der Waals surface area contributed by atoms with E-state index < -0.39 is 10.0 Å². The fourth-order valence-electron chi connectivity index (χ4n) is 1.56. The van der Waals surface area contributed by atoms with Gasteiger partial charge in [0.15, 0.2) is 5.82 Å². The first-order chi connectivity index (χ1) is 10.5. The zero-order chi connectivity index (χ0) is 16.2. The van der Waals surface area contributed by atoms with E-state index in [-0.39, 0.29) is 22.6 Å². The minimum absolute atomic E-state index is 0.00282. The van der Waals surface area contributed by atoms with Gasteiger partial charge in [0.1, 0.15) is 0 Å². The second-order valence-corrected chi connectivity index (χ2v) is 5.71. The lowest BCUT2D eigenvalue weighted by molar-refractivity contribution is 0.353. The van der Waals surface area contributed by atoms with Gasteiger partial charge in [-0.1, -0.05) is 0 Å². The lowest BCUT2D eigenvalue weighted by atomic mass is 10.3. The standard InChI is InChI=1S/C12H14N4O5S/c1-20-11-7-10(13-12(14-11)21-2)16-22(18,19)9-5-3-8(15-17)4-6-9/h3-7,15,17H,1-2H3,(H,13,14,16). The Morgan fingerprint density at radius 3 is 2.32 bits per heavy atom. The van der Waals surface area contributed by atoms with Crippen molar-refractivity contribution in [2.45, 2.75) is 4.90 Å². The van der Waals surface area contributed by atoms with Crippen LogP contribution >= 0.6 is 0 Å². The maximum atomic E-state index is 12.3. The monoisotopic (exact) mass is 326 g/mol. The number of hydrogen-bond acceptors (Lipinski definition) is 8. The van der Waals surface area contributed by atoms with E-state index in [1.165, 1.54) is 44.6 Å². The van der Waals surface area contributed by atoms with E-state index in [4.69, 9.17) is 14.7 Å². The molecule has 0 unspecified atom stereocenters. The van der Waals surface area contributed by atoms with Crippen molar-refractivity contribution in [3.05, 3.63) is 30.3 Å². The Bertz CT molecular complexity index is 726. The molecule has 0 spiro atoms. The zero-order valence-electron chi connectivity index (χ0n) is 11.8. The minimum Gasteiger partial charge on any atom is -0.481 e. The van der Waals surface area contributed by atoms with Crippen molar-refractivity contribution in [3.63, 3.8) is 0 Å². The van der Waals surface area contributed by atoms with Crippen LogP contribution in [0.25, 0.3) is 0 Å². The maximum Gasteiger partial charge on any atom is 0.321 e. The summed E-state index contributed by atoms with van der Waals surface area (Å²) in [4.78, 5) is 7.76. The first kappa shape index (κ1) is 15.8. The predicted octanol–water partition coefficient (Wildman–Crippen LogP) is 1.10. The molecule has 0 aliphatic heterocycles. The average molecular weight is 326 g/mol. The van der Waals surface area contributed by atoms with Crippen LogP contribution < -0.4 is 19.7 Å². The number of methoxy groups -OCH3 is 2. The summed E-state index contributed by atoms with van der Waals surface area (Å²) in [5, 5.41) is 8.72. The van der Waals surface area contributed by atoms with Crippen molar-refractivity contribution in [2.75, 3.05) is 24.4 Å². The van der Waals surface area contributed by atoms with Gasteiger partial charge in [-0.3, -0.25) is 15.4 Å². The normalized spacial score (nSPS) is 10.9. The van der Waals surface area contributed by atoms with Crippen LogP contribution in [-0.2, 0) is 10.0 Å². The molecule has 1 heterocycles. The summed E-state index contributed by atoms with van der Waals surface area (Å²) in [6.45, 7) is 0. The number of nitrogens with zero attached hydrogens (tertiary/aromatic N) is 2. The van der Waals surface area contributed by atoms with Crippen LogP contribution in [0.3, 0.4) is 0 Å². The first-order valence-corrected chi connectivity index (χ1v) is 7.47. The molecule has 0 amide bonds. The van der Waals surface area contributed by atoms with Gasteiger partial charge < -0.3 is 9.47 Å². The summed E-state index contributed by atoms with van der Waals surface area (Å²) < 4.78 is 36.6. The van der Waals surface area contributed by atoms with Gasteiger partial charge in [0.25, 0.3) is 10.0 Å². The molecule has 0 saturated heterocycles. The molecule has 0 fully saturated rings. The van der Waals surface area contributed by atoms with Gasteiger partial charge in [-0.2, -0.15) is 9.97 Å². The van der Waals surface area contributed by atoms with Crippen molar-refractivity contribution >= 4 is 21.5 Å². The summed E-state index contributed by atoms with van der Waals surface area (Å²) in [7, 11) is -1.10. The molecule has 1 aromatic heterocycles. The lowest BCUT2D eigenvalue weighted by Gasteiger charge is -2.10. The molecule has 1 aromatic carbocycles. The van der Waals surface area contributed by atoms with E-state index in [0.717, 1.165) is 0 Å². The van der Waals surface area contributed by atoms with Crippen LogP contribution in [-0.4, -0.2) is 37.8 Å². The highest BCUT2D eigenvalue weighted by molar-refractivity contribution is 7.92. The van der Waals surface area contributed by atoms with Crippen LogP contribution in [0.5, 0.6) is 11.9 Å². The van der Waals surface area contributed by atoms with Gasteiger partial charge in [0, 0.05) is 6.07 Å². The van der Waals surface area contributed by atoms with Crippen molar-refractivity contribution in [1.82, 2.24) is 9.97 Å². The Morgan fingerprint density at radius 1 is 1.09 bits per heavy atom. The van der Waals surface area contributed by atoms with Crippen LogP contribution in [0, 0.1) is 0 Å². The summed E-state index contributed by atoms with van der Waals surface area (Å²) in [6, 6.07) is 6.78. The fraction of sp³-hybridized carbons (Fsp3) is 0.167. The number of sulfonamides is 1. The van der Waals surface area contributed by atoms with E-state index in [0.29, 0.717) is 5.69 Å². The number of benzene rings is 1. The maximum absolute atomic E-state index is 12.3. The van der Waals surface area contributed by atoms with Crippen LogP contribution in [0.4, 0.5) is 11.5 Å². The first-order valence-electron chi connectivity index (χ1n) is 5.98. The second-order valence-electron chi connectivity index (χ2n) is 4.02.